The van der Waals surface area contributed by atoms with E-state index in [4.69, 9.17) is 24.6 Å². The zero-order chi connectivity index (χ0) is 38.8. The van der Waals surface area contributed by atoms with Crippen LogP contribution in [0, 0.1) is 6.92 Å². The summed E-state index contributed by atoms with van der Waals surface area (Å²) in [5, 5.41) is 2.62. The molecule has 1 saturated carbocycles. The number of aromatic nitrogens is 1. The Balaban J connectivity index is 1.43. The Kier molecular flexibility index (Phi) is 4.97. The topological polar surface area (TPSA) is 116 Å². The number of carbonyl (C=O) groups excluding carboxylic acids is 2. The normalized spacial score (nSPS) is 22.9. The van der Waals surface area contributed by atoms with Crippen LogP contribution in [0.5, 0.6) is 5.75 Å². The molecule has 0 spiro atoms. The third-order valence-corrected chi connectivity index (χ3v) is 7.86. The molecule has 4 aromatic rings. The molecular formula is C31H33N3O6S. The van der Waals surface area contributed by atoms with Crippen molar-refractivity contribution in [3.05, 3.63) is 89.1 Å². The average Bonchev–Trinajstić information content (AvgIpc) is 3.43. The largest absolute Gasteiger partial charge is 0.496 e. The molecular weight excluding hydrogens is 542 g/mol. The van der Waals surface area contributed by atoms with E-state index in [0.717, 1.165) is 4.57 Å². The minimum absolute atomic E-state index is 0.000952. The van der Waals surface area contributed by atoms with Crippen molar-refractivity contribution in [1.82, 2.24) is 9.29 Å². The minimum Gasteiger partial charge on any atom is -0.496 e. The van der Waals surface area contributed by atoms with Crippen molar-refractivity contribution in [3.63, 3.8) is 0 Å². The van der Waals surface area contributed by atoms with Gasteiger partial charge in [-0.2, -0.15) is 0 Å². The van der Waals surface area contributed by atoms with Crippen LogP contribution in [-0.4, -0.2) is 38.2 Å². The molecule has 0 bridgehead atoms. The lowest BCUT2D eigenvalue weighted by molar-refractivity contribution is 0.0980. The maximum absolute atomic E-state index is 13.0. The number of methoxy groups -OCH3 is 1. The average molecular weight is 587 g/mol. The summed E-state index contributed by atoms with van der Waals surface area (Å²) in [6, 6.07) is 14.4. The molecule has 2 N–H and O–H groups in total. The first-order valence-electron chi connectivity index (χ1n) is 17.8. The van der Waals surface area contributed by atoms with E-state index in [0.29, 0.717) is 22.1 Å². The lowest BCUT2D eigenvalue weighted by atomic mass is 10.0. The third-order valence-electron chi connectivity index (χ3n) is 6.37. The van der Waals surface area contributed by atoms with E-state index in [2.05, 4.69) is 5.32 Å². The van der Waals surface area contributed by atoms with Crippen LogP contribution < -0.4 is 14.8 Å². The maximum atomic E-state index is 13.0. The Labute approximate surface area is 255 Å². The first-order valence-corrected chi connectivity index (χ1v) is 13.8. The van der Waals surface area contributed by atoms with Crippen molar-refractivity contribution in [2.24, 2.45) is 6.98 Å². The summed E-state index contributed by atoms with van der Waals surface area (Å²) < 4.78 is 127. The summed E-state index contributed by atoms with van der Waals surface area (Å²) in [5.74, 6) is -0.742. The molecule has 0 unspecified atom stereocenters. The van der Waals surface area contributed by atoms with E-state index in [1.54, 1.807) is 19.1 Å². The SMILES string of the molecule is [2H]C([2H])([2H])n1cc(Cc2ccc(C(=O)NS(=O)(=O)c3ccccc3C)cc2OC)c2cc(NC(=O)OC3C([2H])([2H])C([2H])([2H])C([2H])([2H])C3([2H])[2H])ccc21. The van der Waals surface area contributed by atoms with Crippen molar-refractivity contribution in [3.8, 4) is 5.75 Å². The quantitative estimate of drug-likeness (QED) is 0.274. The summed E-state index contributed by atoms with van der Waals surface area (Å²) in [7, 11) is -2.87. The number of sulfonamides is 1. The van der Waals surface area contributed by atoms with Crippen LogP contribution in [-0.2, 0) is 28.2 Å². The number of nitrogens with zero attached hydrogens (tertiary/aromatic N) is 1. The standard InChI is InChI=1S/C31H33N3O6S/c1-20-8-4-7-11-29(20)41(37,38)33-30(35)22-13-12-21(28(17-22)39-3)16-23-19-34(2)27-15-14-24(18-26(23)27)32-31(36)40-25-9-5-6-10-25/h4,7-8,11-15,17-19,25H,5-6,9-10,16H2,1-3H3,(H,32,36)(H,33,35)/i2D3,5D2,6D2,9D2,10D2. The van der Waals surface area contributed by atoms with Crippen molar-refractivity contribution >= 4 is 38.6 Å². The predicted molar refractivity (Wildman–Crippen MR) is 157 cm³/mol. The number of nitrogens with one attached hydrogen (secondary N) is 2. The molecule has 0 atom stereocenters. The second kappa shape index (κ2) is 11.7. The van der Waals surface area contributed by atoms with Gasteiger partial charge in [-0.1, -0.05) is 24.3 Å². The number of carbonyl (C=O) groups is 2. The van der Waals surface area contributed by atoms with E-state index < -0.39 is 60.6 Å². The molecule has 1 heterocycles. The number of fused-ring (bicyclic) bond motifs is 1. The van der Waals surface area contributed by atoms with Crippen LogP contribution in [0.25, 0.3) is 10.9 Å². The Morgan fingerprint density at radius 1 is 1.07 bits per heavy atom. The Morgan fingerprint density at radius 3 is 2.59 bits per heavy atom. The van der Waals surface area contributed by atoms with Gasteiger partial charge in [-0.05, 0) is 85.5 Å². The molecule has 1 fully saturated rings. The molecule has 0 aliphatic heterocycles. The van der Waals surface area contributed by atoms with Gasteiger partial charge in [0.1, 0.15) is 11.9 Å². The minimum atomic E-state index is -4.20. The highest BCUT2D eigenvalue weighted by atomic mass is 32.2. The number of hydrogen-bond acceptors (Lipinski definition) is 6. The van der Waals surface area contributed by atoms with Gasteiger partial charge in [0, 0.05) is 56.8 Å². The van der Waals surface area contributed by atoms with Gasteiger partial charge in [0.25, 0.3) is 15.9 Å². The summed E-state index contributed by atoms with van der Waals surface area (Å²) >= 11 is 0. The molecule has 0 saturated heterocycles. The van der Waals surface area contributed by atoms with E-state index in [-0.39, 0.29) is 33.8 Å². The van der Waals surface area contributed by atoms with Gasteiger partial charge < -0.3 is 14.0 Å². The fourth-order valence-electron chi connectivity index (χ4n) is 4.40. The molecule has 1 aliphatic carbocycles. The van der Waals surface area contributed by atoms with Gasteiger partial charge in [-0.3, -0.25) is 10.1 Å². The molecule has 5 rings (SSSR count). The molecule has 10 heteroatoms. The maximum Gasteiger partial charge on any atom is 0.411 e. The number of hydrogen-bond donors (Lipinski definition) is 2. The van der Waals surface area contributed by atoms with Crippen LogP contribution in [0.1, 0.15) is 67.6 Å². The van der Waals surface area contributed by atoms with Crippen LogP contribution in [0.3, 0.4) is 0 Å². The highest BCUT2D eigenvalue weighted by Crippen LogP contribution is 2.30. The fraction of sp³-hybridized carbons (Fsp3) is 0.290. The van der Waals surface area contributed by atoms with Gasteiger partial charge in [0.05, 0.1) is 12.0 Å². The first-order chi connectivity index (χ1) is 23.9. The lowest BCUT2D eigenvalue weighted by Crippen LogP contribution is -2.31. The van der Waals surface area contributed by atoms with Gasteiger partial charge in [-0.25, -0.2) is 17.9 Å². The number of amides is 2. The number of anilines is 1. The van der Waals surface area contributed by atoms with E-state index in [1.807, 2.05) is 4.72 Å². The second-order valence-electron chi connectivity index (χ2n) is 9.11. The molecule has 3 aromatic carbocycles. The fourth-order valence-corrected chi connectivity index (χ4v) is 5.62. The monoisotopic (exact) mass is 586 g/mol. The molecule has 2 amide bonds. The number of ether oxygens (including phenoxy) is 2. The molecule has 214 valence electrons. The molecule has 0 radical (unpaired) electrons. The van der Waals surface area contributed by atoms with Crippen molar-refractivity contribution in [2.45, 2.75) is 49.8 Å². The van der Waals surface area contributed by atoms with Crippen LogP contribution in [0.4, 0.5) is 10.5 Å². The van der Waals surface area contributed by atoms with Gasteiger partial charge in [0.2, 0.25) is 0 Å². The van der Waals surface area contributed by atoms with Gasteiger partial charge in [-0.15, -0.1) is 0 Å². The Morgan fingerprint density at radius 2 is 1.85 bits per heavy atom. The third kappa shape index (κ3) is 6.22. The van der Waals surface area contributed by atoms with Crippen molar-refractivity contribution in [1.29, 1.82) is 0 Å². The summed E-state index contributed by atoms with van der Waals surface area (Å²) in [6.07, 6.45) is -15.7. The van der Waals surface area contributed by atoms with E-state index >= 15 is 0 Å². The van der Waals surface area contributed by atoms with Crippen LogP contribution >= 0.6 is 0 Å². The summed E-state index contributed by atoms with van der Waals surface area (Å²) in [6.45, 7) is -1.05. The van der Waals surface area contributed by atoms with Crippen LogP contribution in [0.15, 0.2) is 71.8 Å². The number of aryl methyl sites for hydroxylation is 2. The first kappa shape index (κ1) is 17.5. The summed E-state index contributed by atoms with van der Waals surface area (Å²) in [4.78, 5) is 25.8. The number of benzene rings is 3. The van der Waals surface area contributed by atoms with E-state index in [9.17, 15) is 18.0 Å². The highest BCUT2D eigenvalue weighted by Gasteiger charge is 2.22. The lowest BCUT2D eigenvalue weighted by Gasteiger charge is -2.13. The van der Waals surface area contributed by atoms with Gasteiger partial charge in [0.15, 0.2) is 0 Å². The predicted octanol–water partition coefficient (Wildman–Crippen LogP) is 5.70. The molecule has 1 aromatic heterocycles. The highest BCUT2D eigenvalue weighted by molar-refractivity contribution is 7.90. The van der Waals surface area contributed by atoms with Crippen molar-refractivity contribution in [2.75, 3.05) is 12.4 Å². The molecule has 41 heavy (non-hydrogen) atoms. The van der Waals surface area contributed by atoms with Crippen molar-refractivity contribution < 1.29 is 42.6 Å². The molecule has 1 aliphatic rings. The zero-order valence-corrected chi connectivity index (χ0v) is 22.8. The van der Waals surface area contributed by atoms with Gasteiger partial charge >= 0.3 is 6.09 Å². The second-order valence-corrected chi connectivity index (χ2v) is 10.8. The smallest absolute Gasteiger partial charge is 0.411 e. The zero-order valence-electron chi connectivity index (χ0n) is 32.9. The number of rotatable bonds is 8. The Bertz CT molecular complexity index is 2160. The summed E-state index contributed by atoms with van der Waals surface area (Å²) in [5.41, 5.74) is 1.50. The van der Waals surface area contributed by atoms with Crippen LogP contribution in [0.2, 0.25) is 0 Å². The van der Waals surface area contributed by atoms with E-state index in [1.165, 1.54) is 61.8 Å². The molecule has 9 nitrogen and oxygen atoms in total. The Hall–Kier alpha value is -4.31.